The molecule has 1 saturated carbocycles. The van der Waals surface area contributed by atoms with Gasteiger partial charge in [-0.3, -0.25) is 10.2 Å². The van der Waals surface area contributed by atoms with Gasteiger partial charge in [-0.25, -0.2) is 19.6 Å². The van der Waals surface area contributed by atoms with Crippen LogP contribution in [0.3, 0.4) is 0 Å². The third-order valence-electron chi connectivity index (χ3n) is 7.32. The van der Waals surface area contributed by atoms with Crippen molar-refractivity contribution in [3.05, 3.63) is 65.6 Å². The second-order valence-corrected chi connectivity index (χ2v) is 11.1. The minimum atomic E-state index is -5.08. The number of aromatic amines is 1. The Hall–Kier alpha value is -5.62. The minimum Gasteiger partial charge on any atom is -0.475 e. The number of hydrogen-bond acceptors (Lipinski definition) is 7. The van der Waals surface area contributed by atoms with Gasteiger partial charge >= 0.3 is 24.3 Å². The van der Waals surface area contributed by atoms with Crippen molar-refractivity contribution >= 4 is 51.4 Å². The lowest BCUT2D eigenvalue weighted by atomic mass is 9.90. The summed E-state index contributed by atoms with van der Waals surface area (Å²) in [6, 6.07) is 14.1. The summed E-state index contributed by atoms with van der Waals surface area (Å²) >= 11 is 0. The second kappa shape index (κ2) is 16.7. The van der Waals surface area contributed by atoms with Crippen LogP contribution in [0.2, 0.25) is 0 Å². The lowest BCUT2D eigenvalue weighted by Gasteiger charge is -2.33. The summed E-state index contributed by atoms with van der Waals surface area (Å²) in [4.78, 5) is 43.4. The van der Waals surface area contributed by atoms with Crippen LogP contribution in [0.5, 0.6) is 0 Å². The number of benzene rings is 2. The highest BCUT2D eigenvalue weighted by Gasteiger charge is 2.39. The van der Waals surface area contributed by atoms with E-state index in [1.54, 1.807) is 0 Å². The number of nitrogens with zero attached hydrogens (tertiary/aromatic N) is 2. The van der Waals surface area contributed by atoms with Gasteiger partial charge in [0.2, 0.25) is 5.82 Å². The molecule has 2 atom stereocenters. The molecule has 50 heavy (non-hydrogen) atoms. The molecule has 0 bridgehead atoms. The molecule has 0 spiro atoms. The first-order valence-corrected chi connectivity index (χ1v) is 15.0. The maximum atomic E-state index is 13.1. The fourth-order valence-corrected chi connectivity index (χ4v) is 5.03. The Labute approximate surface area is 280 Å². The maximum Gasteiger partial charge on any atom is 0.490 e. The fourth-order valence-electron chi connectivity index (χ4n) is 5.03. The van der Waals surface area contributed by atoms with Crippen LogP contribution in [0.15, 0.2) is 48.7 Å². The van der Waals surface area contributed by atoms with Crippen molar-refractivity contribution in [1.82, 2.24) is 25.6 Å². The highest BCUT2D eigenvalue weighted by molar-refractivity contribution is 5.96. The molecular formula is C31H34F6N8O5. The smallest absolute Gasteiger partial charge is 0.475 e. The number of carboxylic acid groups (broad SMARTS) is 2. The number of rotatable bonds is 7. The van der Waals surface area contributed by atoms with Crippen LogP contribution in [-0.4, -0.2) is 80.0 Å². The molecule has 19 heteroatoms. The fraction of sp³-hybridized carbons (Fsp3) is 0.355. The summed E-state index contributed by atoms with van der Waals surface area (Å²) in [5, 5.41) is 33.6. The van der Waals surface area contributed by atoms with E-state index in [-0.39, 0.29) is 29.8 Å². The summed E-state index contributed by atoms with van der Waals surface area (Å²) in [5.41, 5.74) is 9.68. The topological polar surface area (TPSA) is 219 Å². The van der Waals surface area contributed by atoms with Crippen LogP contribution in [0, 0.1) is 12.3 Å². The number of carbonyl (C=O) groups excluding carboxylic acids is 1. The zero-order valence-electron chi connectivity index (χ0n) is 26.4. The number of nitrogens with one attached hydrogen (secondary N) is 5. The van der Waals surface area contributed by atoms with E-state index in [0.29, 0.717) is 24.3 Å². The van der Waals surface area contributed by atoms with E-state index in [1.165, 1.54) is 0 Å². The number of alkyl halides is 6. The number of fused-ring (bicyclic) bond motifs is 2. The molecule has 1 amide bonds. The predicted molar refractivity (Wildman–Crippen MR) is 171 cm³/mol. The lowest BCUT2D eigenvalue weighted by Crippen LogP contribution is -2.50. The lowest BCUT2D eigenvalue weighted by molar-refractivity contribution is -0.193. The van der Waals surface area contributed by atoms with Crippen LogP contribution in [0.25, 0.3) is 21.8 Å². The van der Waals surface area contributed by atoms with Crippen LogP contribution in [-0.2, 0) is 16.0 Å². The molecule has 270 valence electrons. The van der Waals surface area contributed by atoms with Gasteiger partial charge in [0.15, 0.2) is 5.96 Å². The number of guanidine groups is 1. The van der Waals surface area contributed by atoms with Gasteiger partial charge in [-0.15, -0.1) is 0 Å². The average molecular weight is 713 g/mol. The molecule has 2 unspecified atom stereocenters. The molecule has 2 heterocycles. The number of carbonyl (C=O) groups is 3. The van der Waals surface area contributed by atoms with Gasteiger partial charge in [0.25, 0.3) is 5.91 Å². The highest BCUT2D eigenvalue weighted by atomic mass is 19.4. The molecule has 9 N–H and O–H groups in total. The largest absolute Gasteiger partial charge is 0.490 e. The molecule has 0 saturated heterocycles. The van der Waals surface area contributed by atoms with Gasteiger partial charge in [-0.2, -0.15) is 26.3 Å². The van der Waals surface area contributed by atoms with E-state index < -0.39 is 24.3 Å². The van der Waals surface area contributed by atoms with E-state index in [4.69, 9.17) is 30.9 Å². The van der Waals surface area contributed by atoms with Gasteiger partial charge in [0.05, 0.1) is 5.52 Å². The third-order valence-corrected chi connectivity index (χ3v) is 7.32. The number of nitrogens with two attached hydrogens (primary N) is 1. The first-order valence-electron chi connectivity index (χ1n) is 15.0. The van der Waals surface area contributed by atoms with E-state index in [2.05, 4.69) is 37.0 Å². The first kappa shape index (κ1) is 38.8. The number of H-pyrrole nitrogens is 1. The van der Waals surface area contributed by atoms with E-state index in [1.807, 2.05) is 49.5 Å². The summed E-state index contributed by atoms with van der Waals surface area (Å²) < 4.78 is 63.5. The number of hydrogen-bond donors (Lipinski definition) is 8. The Morgan fingerprint density at radius 1 is 0.940 bits per heavy atom. The summed E-state index contributed by atoms with van der Waals surface area (Å²) in [6.07, 6.45) is -3.47. The number of amides is 1. The van der Waals surface area contributed by atoms with E-state index >= 15 is 0 Å². The van der Waals surface area contributed by atoms with Crippen molar-refractivity contribution in [3.8, 4) is 0 Å². The van der Waals surface area contributed by atoms with Gasteiger partial charge < -0.3 is 36.9 Å². The van der Waals surface area contributed by atoms with Gasteiger partial charge in [0, 0.05) is 41.1 Å². The van der Waals surface area contributed by atoms with Gasteiger partial charge in [-0.05, 0) is 49.9 Å². The summed E-state index contributed by atoms with van der Waals surface area (Å²) in [7, 11) is 0. The molecule has 1 fully saturated rings. The van der Waals surface area contributed by atoms with Crippen LogP contribution >= 0.6 is 0 Å². The van der Waals surface area contributed by atoms with Crippen LogP contribution in [0.4, 0.5) is 32.2 Å². The van der Waals surface area contributed by atoms with Crippen LogP contribution < -0.4 is 21.7 Å². The van der Waals surface area contributed by atoms with Crippen molar-refractivity contribution in [1.29, 1.82) is 5.41 Å². The molecule has 4 aromatic rings. The zero-order valence-corrected chi connectivity index (χ0v) is 26.4. The van der Waals surface area contributed by atoms with Crippen molar-refractivity contribution in [2.24, 2.45) is 5.73 Å². The van der Waals surface area contributed by atoms with E-state index in [0.717, 1.165) is 53.1 Å². The minimum absolute atomic E-state index is 0.0273. The first-order chi connectivity index (χ1) is 23.4. The molecule has 2 aromatic carbocycles. The molecule has 13 nitrogen and oxygen atoms in total. The Morgan fingerprint density at radius 2 is 1.54 bits per heavy atom. The van der Waals surface area contributed by atoms with Gasteiger partial charge in [0.1, 0.15) is 5.82 Å². The third kappa shape index (κ3) is 11.2. The normalized spacial score (nSPS) is 15.9. The number of anilines is 1. The molecule has 0 radical (unpaired) electrons. The molecule has 5 rings (SSSR count). The standard InChI is InChI=1S/C27H32N8O.2C2HF3O2/c1-16-10-11-21-19(14-16)24(33-22-8-4-5-9-23(22)34-27(28)29)35-25(32-21)26(36)30-13-12-17-15-31-20-7-3-2-6-18(17)20;2*3-2(4,5)1(6)7/h2-3,6-7,10-11,14-15,22-23,31H,4-5,8-9,12-13H2,1H3,(H,30,36)(H4,28,29,34)(H,32,33,35);2*(H,6,7). The summed E-state index contributed by atoms with van der Waals surface area (Å²) in [6.45, 7) is 2.50. The number of aryl methyl sites for hydroxylation is 1. The van der Waals surface area contributed by atoms with Crippen molar-refractivity contribution < 1.29 is 50.9 Å². The molecule has 2 aromatic heterocycles. The molecule has 1 aliphatic carbocycles. The highest BCUT2D eigenvalue weighted by Crippen LogP contribution is 2.27. The van der Waals surface area contributed by atoms with Crippen LogP contribution in [0.1, 0.15) is 47.4 Å². The molecule has 1 aliphatic rings. The Kier molecular flexibility index (Phi) is 12.9. The second-order valence-electron chi connectivity index (χ2n) is 11.1. The number of carboxylic acids is 2. The summed E-state index contributed by atoms with van der Waals surface area (Å²) in [5.74, 6) is -5.08. The zero-order chi connectivity index (χ0) is 37.2. The van der Waals surface area contributed by atoms with Gasteiger partial charge in [-0.1, -0.05) is 42.7 Å². The number of aliphatic carboxylic acids is 2. The van der Waals surface area contributed by atoms with Crippen molar-refractivity contribution in [2.45, 2.75) is 63.5 Å². The van der Waals surface area contributed by atoms with Crippen molar-refractivity contribution in [3.63, 3.8) is 0 Å². The predicted octanol–water partition coefficient (Wildman–Crippen LogP) is 4.86. The van der Waals surface area contributed by atoms with E-state index in [9.17, 15) is 31.1 Å². The average Bonchev–Trinajstić information content (AvgIpc) is 3.44. The number of para-hydroxylation sites is 1. The van der Waals surface area contributed by atoms with Crippen molar-refractivity contribution in [2.75, 3.05) is 11.9 Å². The monoisotopic (exact) mass is 712 g/mol. The Bertz CT molecular complexity index is 1800. The number of aromatic nitrogens is 3. The Morgan fingerprint density at radius 3 is 2.14 bits per heavy atom. The quantitative estimate of drug-likeness (QED) is 0.0739. The Balaban J connectivity index is 0.000000408. The molecular weight excluding hydrogens is 678 g/mol. The SMILES string of the molecule is Cc1ccc2nc(C(=O)NCCc3c[nH]c4ccccc34)nc(NC3CCCCC3NC(=N)N)c2c1.O=C(O)C(F)(F)F.O=C(O)C(F)(F)F. The molecule has 0 aliphatic heterocycles. The maximum absolute atomic E-state index is 13.1. The number of halogens is 6.